The quantitative estimate of drug-likeness (QED) is 0.812. The zero-order valence-electron chi connectivity index (χ0n) is 13.8. The summed E-state index contributed by atoms with van der Waals surface area (Å²) in [6.45, 7) is 0.869. The molecule has 5 heteroatoms. The second-order valence-electron chi connectivity index (χ2n) is 8.00. The Bertz CT molecular complexity index is 498. The van der Waals surface area contributed by atoms with Gasteiger partial charge >= 0.3 is 0 Å². The monoisotopic (exact) mass is 317 g/mol. The van der Waals surface area contributed by atoms with Crippen LogP contribution >= 0.6 is 0 Å². The second-order valence-corrected chi connectivity index (χ2v) is 8.00. The number of carbonyl (C=O) groups is 2. The van der Waals surface area contributed by atoms with Crippen molar-refractivity contribution >= 4 is 17.5 Å². The molecule has 4 saturated carbocycles. The van der Waals surface area contributed by atoms with Crippen molar-refractivity contribution in [2.45, 2.75) is 57.8 Å². The second kappa shape index (κ2) is 6.25. The van der Waals surface area contributed by atoms with Gasteiger partial charge in [0.05, 0.1) is 0 Å². The van der Waals surface area contributed by atoms with Gasteiger partial charge in [0.1, 0.15) is 6.54 Å². The molecule has 5 rings (SSSR count). The average Bonchev–Trinajstić information content (AvgIpc) is 2.71. The molecule has 0 spiro atoms. The molecule has 1 heterocycles. The molecule has 1 aliphatic heterocycles. The van der Waals surface area contributed by atoms with E-state index in [1.165, 1.54) is 37.8 Å². The van der Waals surface area contributed by atoms with E-state index in [1.54, 1.807) is 4.90 Å². The Labute approximate surface area is 137 Å². The van der Waals surface area contributed by atoms with Crippen molar-refractivity contribution in [1.82, 2.24) is 10.3 Å². The van der Waals surface area contributed by atoms with Gasteiger partial charge in [-0.05, 0) is 68.6 Å². The van der Waals surface area contributed by atoms with E-state index in [-0.39, 0.29) is 18.4 Å². The zero-order valence-corrected chi connectivity index (χ0v) is 13.8. The zero-order chi connectivity index (χ0) is 15.8. The smallest absolute Gasteiger partial charge is 0.259 e. The molecule has 2 amide bonds. The summed E-state index contributed by atoms with van der Waals surface area (Å²) in [6, 6.07) is 0. The summed E-state index contributed by atoms with van der Waals surface area (Å²) < 4.78 is 0. The minimum Gasteiger partial charge on any atom is -0.333 e. The number of hydrogen-bond acceptors (Lipinski definition) is 3. The van der Waals surface area contributed by atoms with Gasteiger partial charge in [-0.15, -0.1) is 0 Å². The van der Waals surface area contributed by atoms with Crippen LogP contribution in [0.4, 0.5) is 0 Å². The Morgan fingerprint density at radius 2 is 1.74 bits per heavy atom. The van der Waals surface area contributed by atoms with Gasteiger partial charge in [-0.2, -0.15) is 5.10 Å². The van der Waals surface area contributed by atoms with Crippen LogP contribution in [0.2, 0.25) is 0 Å². The lowest BCUT2D eigenvalue weighted by atomic mass is 9.55. The first-order chi connectivity index (χ1) is 11.2. The molecule has 0 aromatic rings. The molecule has 1 saturated heterocycles. The molecule has 4 bridgehead atoms. The third-order valence-electron chi connectivity index (χ3n) is 6.29. The molecule has 23 heavy (non-hydrogen) atoms. The number of nitrogens with one attached hydrogen (secondary N) is 1. The van der Waals surface area contributed by atoms with E-state index < -0.39 is 0 Å². The maximum absolute atomic E-state index is 12.2. The Balaban J connectivity index is 1.35. The van der Waals surface area contributed by atoms with Gasteiger partial charge < -0.3 is 4.90 Å². The van der Waals surface area contributed by atoms with Crippen LogP contribution in [-0.2, 0) is 9.59 Å². The Morgan fingerprint density at radius 3 is 2.43 bits per heavy atom. The molecule has 5 aliphatic rings. The van der Waals surface area contributed by atoms with Crippen LogP contribution in [0, 0.1) is 23.7 Å². The number of amides is 2. The summed E-state index contributed by atoms with van der Waals surface area (Å²) in [6.07, 6.45) is 10.1. The molecular formula is C18H27N3O2. The van der Waals surface area contributed by atoms with Gasteiger partial charge in [0.25, 0.3) is 5.91 Å². The molecular weight excluding hydrogens is 290 g/mol. The fraction of sp³-hybridized carbons (Fsp3) is 0.833. The van der Waals surface area contributed by atoms with Crippen molar-refractivity contribution in [2.75, 3.05) is 13.1 Å². The molecule has 1 N–H and O–H groups in total. The summed E-state index contributed by atoms with van der Waals surface area (Å²) >= 11 is 0. The number of rotatable bonds is 3. The fourth-order valence-corrected chi connectivity index (χ4v) is 5.39. The third kappa shape index (κ3) is 3.15. The van der Waals surface area contributed by atoms with Crippen molar-refractivity contribution in [3.05, 3.63) is 0 Å². The van der Waals surface area contributed by atoms with E-state index in [0.29, 0.717) is 24.8 Å². The lowest BCUT2D eigenvalue weighted by Gasteiger charge is -2.50. The topological polar surface area (TPSA) is 61.8 Å². The first kappa shape index (κ1) is 15.2. The first-order valence-corrected chi connectivity index (χ1v) is 9.33. The third-order valence-corrected chi connectivity index (χ3v) is 6.29. The van der Waals surface area contributed by atoms with Gasteiger partial charge in [0, 0.05) is 18.7 Å². The summed E-state index contributed by atoms with van der Waals surface area (Å²) in [7, 11) is 0. The number of hydrazone groups is 1. The number of carbonyl (C=O) groups excluding carboxylic acids is 2. The van der Waals surface area contributed by atoms with Crippen LogP contribution in [0.15, 0.2) is 5.10 Å². The van der Waals surface area contributed by atoms with Gasteiger partial charge in [-0.3, -0.25) is 9.59 Å². The molecule has 4 aliphatic carbocycles. The van der Waals surface area contributed by atoms with Crippen LogP contribution in [0.3, 0.4) is 0 Å². The largest absolute Gasteiger partial charge is 0.333 e. The van der Waals surface area contributed by atoms with Crippen LogP contribution in [0.5, 0.6) is 0 Å². The normalized spacial score (nSPS) is 36.1. The van der Waals surface area contributed by atoms with Crippen LogP contribution in [0.25, 0.3) is 0 Å². The predicted octanol–water partition coefficient (Wildman–Crippen LogP) is 2.32. The molecule has 0 aromatic heterocycles. The van der Waals surface area contributed by atoms with Crippen molar-refractivity contribution in [1.29, 1.82) is 0 Å². The fourth-order valence-electron chi connectivity index (χ4n) is 5.39. The molecule has 5 nitrogen and oxygen atoms in total. The highest BCUT2D eigenvalue weighted by molar-refractivity contribution is 5.92. The highest BCUT2D eigenvalue weighted by atomic mass is 16.2. The summed E-state index contributed by atoms with van der Waals surface area (Å²) in [5, 5.41) is 4.52. The minimum absolute atomic E-state index is 0.111. The van der Waals surface area contributed by atoms with Crippen LogP contribution < -0.4 is 5.43 Å². The average molecular weight is 317 g/mol. The summed E-state index contributed by atoms with van der Waals surface area (Å²) in [5.41, 5.74) is 4.00. The molecule has 0 radical (unpaired) electrons. The van der Waals surface area contributed by atoms with E-state index in [9.17, 15) is 9.59 Å². The lowest BCUT2D eigenvalue weighted by molar-refractivity contribution is -0.135. The maximum Gasteiger partial charge on any atom is 0.259 e. The van der Waals surface area contributed by atoms with Crippen molar-refractivity contribution in [3.8, 4) is 0 Å². The van der Waals surface area contributed by atoms with Gasteiger partial charge in [-0.25, -0.2) is 5.43 Å². The molecule has 0 atom stereocenters. The lowest BCUT2D eigenvalue weighted by Crippen LogP contribution is -2.47. The first-order valence-electron chi connectivity index (χ1n) is 9.33. The molecule has 0 unspecified atom stereocenters. The predicted molar refractivity (Wildman–Crippen MR) is 87.7 cm³/mol. The number of hydrogen-bond donors (Lipinski definition) is 1. The van der Waals surface area contributed by atoms with Crippen molar-refractivity contribution in [2.24, 2.45) is 28.8 Å². The molecule has 0 aromatic carbocycles. The maximum atomic E-state index is 12.2. The standard InChI is InChI=1S/C18H27N3O2/c22-16(11-21-5-3-1-2-4-17(21)23)19-20-18-14-7-12-6-13(9-14)10-15(18)8-12/h12-15H,1-11H2,(H,19,22). The number of likely N-dealkylation sites (tertiary alicyclic amines) is 1. The number of nitrogens with zero attached hydrogens (tertiary/aromatic N) is 2. The van der Waals surface area contributed by atoms with Crippen molar-refractivity contribution < 1.29 is 9.59 Å². The van der Waals surface area contributed by atoms with E-state index in [0.717, 1.165) is 31.1 Å². The van der Waals surface area contributed by atoms with E-state index in [4.69, 9.17) is 0 Å². The van der Waals surface area contributed by atoms with Crippen molar-refractivity contribution in [3.63, 3.8) is 0 Å². The van der Waals surface area contributed by atoms with Gasteiger partial charge in [0.15, 0.2) is 0 Å². The van der Waals surface area contributed by atoms with Crippen LogP contribution in [-0.4, -0.2) is 35.5 Å². The summed E-state index contributed by atoms with van der Waals surface area (Å²) in [5.74, 6) is 2.99. The summed E-state index contributed by atoms with van der Waals surface area (Å²) in [4.78, 5) is 25.9. The van der Waals surface area contributed by atoms with E-state index >= 15 is 0 Å². The van der Waals surface area contributed by atoms with Gasteiger partial charge in [0.2, 0.25) is 5.91 Å². The SMILES string of the molecule is O=C(CN1CCCCCC1=O)NN=C1C2CC3CC(C2)CC1C3. The highest BCUT2D eigenvalue weighted by Crippen LogP contribution is 2.52. The van der Waals surface area contributed by atoms with Crippen LogP contribution in [0.1, 0.15) is 57.8 Å². The van der Waals surface area contributed by atoms with Gasteiger partial charge in [-0.1, -0.05) is 6.42 Å². The van der Waals surface area contributed by atoms with E-state index in [2.05, 4.69) is 10.5 Å². The molecule has 5 fully saturated rings. The van der Waals surface area contributed by atoms with E-state index in [1.807, 2.05) is 0 Å². The minimum atomic E-state index is -0.137. The molecule has 126 valence electrons. The Kier molecular flexibility index (Phi) is 4.12. The Hall–Kier alpha value is -1.39. The highest BCUT2D eigenvalue weighted by Gasteiger charge is 2.46. The Morgan fingerprint density at radius 1 is 1.04 bits per heavy atom.